The number of primary amides is 1. The van der Waals surface area contributed by atoms with E-state index in [-0.39, 0.29) is 5.56 Å². The van der Waals surface area contributed by atoms with Crippen LogP contribution in [0, 0.1) is 0 Å². The molecular weight excluding hydrogens is 262 g/mol. The number of benzene rings is 1. The Kier molecular flexibility index (Phi) is 2.64. The maximum atomic E-state index is 12.3. The van der Waals surface area contributed by atoms with Crippen LogP contribution in [0.3, 0.4) is 0 Å². The smallest absolute Gasteiger partial charge is 0.266 e. The second-order valence-corrected chi connectivity index (χ2v) is 4.98. The molecule has 3 rings (SSSR count). The van der Waals surface area contributed by atoms with Crippen LogP contribution >= 0.6 is 11.3 Å². The van der Waals surface area contributed by atoms with E-state index in [0.29, 0.717) is 15.1 Å². The van der Waals surface area contributed by atoms with Gasteiger partial charge in [-0.05, 0) is 18.2 Å². The molecule has 6 heteroatoms. The lowest BCUT2D eigenvalue weighted by atomic mass is 10.3. The normalized spacial score (nSPS) is 10.7. The van der Waals surface area contributed by atoms with Gasteiger partial charge in [0.15, 0.2) is 0 Å². The fraction of sp³-hybridized carbons (Fsp3) is 0. The van der Waals surface area contributed by atoms with Gasteiger partial charge in [0.2, 0.25) is 0 Å². The summed E-state index contributed by atoms with van der Waals surface area (Å²) in [5.74, 6) is -0.548. The van der Waals surface area contributed by atoms with Gasteiger partial charge in [-0.1, -0.05) is 18.2 Å². The highest BCUT2D eigenvalue weighted by molar-refractivity contribution is 7.20. The van der Waals surface area contributed by atoms with Gasteiger partial charge in [-0.25, -0.2) is 4.98 Å². The van der Waals surface area contributed by atoms with Crippen molar-refractivity contribution in [1.29, 1.82) is 0 Å². The Morgan fingerprint density at radius 3 is 2.68 bits per heavy atom. The molecule has 0 saturated heterocycles. The van der Waals surface area contributed by atoms with Crippen LogP contribution in [-0.2, 0) is 0 Å². The quantitative estimate of drug-likeness (QED) is 0.768. The molecule has 0 fully saturated rings. The SMILES string of the molecule is NC(=O)c1cc2c(=O)n(-c3ccccc3)cnc2s1. The molecule has 1 aromatic carbocycles. The van der Waals surface area contributed by atoms with Gasteiger partial charge >= 0.3 is 0 Å². The molecule has 19 heavy (non-hydrogen) atoms. The van der Waals surface area contributed by atoms with Gasteiger partial charge in [0.1, 0.15) is 11.2 Å². The summed E-state index contributed by atoms with van der Waals surface area (Å²) in [7, 11) is 0. The van der Waals surface area contributed by atoms with Crippen LogP contribution in [0.4, 0.5) is 0 Å². The average Bonchev–Trinajstić information content (AvgIpc) is 2.85. The fourth-order valence-corrected chi connectivity index (χ4v) is 2.66. The summed E-state index contributed by atoms with van der Waals surface area (Å²) in [5.41, 5.74) is 5.73. The standard InChI is InChI=1S/C13H9N3O2S/c14-11(17)10-6-9-12(19-10)15-7-16(13(9)18)8-4-2-1-3-5-8/h1-7H,(H2,14,17). The minimum absolute atomic E-state index is 0.208. The first-order valence-electron chi connectivity index (χ1n) is 5.53. The number of hydrogen-bond acceptors (Lipinski definition) is 4. The molecule has 0 aliphatic rings. The van der Waals surface area contributed by atoms with Crippen LogP contribution in [0.2, 0.25) is 0 Å². The molecule has 0 spiro atoms. The highest BCUT2D eigenvalue weighted by atomic mass is 32.1. The summed E-state index contributed by atoms with van der Waals surface area (Å²) < 4.78 is 1.44. The number of amides is 1. The van der Waals surface area contributed by atoms with E-state index in [2.05, 4.69) is 4.98 Å². The van der Waals surface area contributed by atoms with Crippen molar-refractivity contribution < 1.29 is 4.79 Å². The van der Waals surface area contributed by atoms with Crippen molar-refractivity contribution >= 4 is 27.5 Å². The third-order valence-electron chi connectivity index (χ3n) is 2.73. The first-order valence-corrected chi connectivity index (χ1v) is 6.35. The number of hydrogen-bond donors (Lipinski definition) is 1. The third kappa shape index (κ3) is 1.92. The number of para-hydroxylation sites is 1. The molecule has 2 aromatic heterocycles. The van der Waals surface area contributed by atoms with Crippen molar-refractivity contribution in [3.8, 4) is 5.69 Å². The van der Waals surface area contributed by atoms with Crippen molar-refractivity contribution in [3.63, 3.8) is 0 Å². The summed E-state index contributed by atoms with van der Waals surface area (Å²) in [6, 6.07) is 10.7. The molecule has 5 nitrogen and oxygen atoms in total. The maximum Gasteiger partial charge on any atom is 0.266 e. The number of fused-ring (bicyclic) bond motifs is 1. The Labute approximate surface area is 111 Å². The maximum absolute atomic E-state index is 12.3. The predicted molar refractivity (Wildman–Crippen MR) is 73.7 cm³/mol. The number of aromatic nitrogens is 2. The van der Waals surface area contributed by atoms with E-state index in [1.54, 1.807) is 0 Å². The lowest BCUT2D eigenvalue weighted by molar-refractivity contribution is 0.100. The van der Waals surface area contributed by atoms with Crippen molar-refractivity contribution in [3.05, 3.63) is 58.0 Å². The van der Waals surface area contributed by atoms with Gasteiger partial charge in [-0.15, -0.1) is 11.3 Å². The molecule has 0 bridgehead atoms. The van der Waals surface area contributed by atoms with Gasteiger partial charge in [0.05, 0.1) is 16.0 Å². The van der Waals surface area contributed by atoms with Crippen LogP contribution in [0.25, 0.3) is 15.9 Å². The molecular formula is C13H9N3O2S. The lowest BCUT2D eigenvalue weighted by Gasteiger charge is -2.03. The Balaban J connectivity index is 2.27. The number of rotatable bonds is 2. The van der Waals surface area contributed by atoms with E-state index in [9.17, 15) is 9.59 Å². The summed E-state index contributed by atoms with van der Waals surface area (Å²) in [4.78, 5) is 28.5. The minimum atomic E-state index is -0.548. The van der Waals surface area contributed by atoms with E-state index in [1.165, 1.54) is 17.0 Å². The van der Waals surface area contributed by atoms with E-state index in [0.717, 1.165) is 17.0 Å². The van der Waals surface area contributed by atoms with Gasteiger partial charge in [-0.3, -0.25) is 14.2 Å². The molecule has 0 radical (unpaired) electrons. The van der Waals surface area contributed by atoms with Gasteiger partial charge < -0.3 is 5.73 Å². The van der Waals surface area contributed by atoms with Crippen molar-refractivity contribution in [2.45, 2.75) is 0 Å². The van der Waals surface area contributed by atoms with Crippen LogP contribution in [0.15, 0.2) is 47.5 Å². The van der Waals surface area contributed by atoms with Crippen LogP contribution in [-0.4, -0.2) is 15.5 Å². The van der Waals surface area contributed by atoms with Gasteiger partial charge in [0, 0.05) is 0 Å². The van der Waals surface area contributed by atoms with E-state index >= 15 is 0 Å². The molecule has 3 aromatic rings. The Bertz CT molecular complexity index is 821. The Morgan fingerprint density at radius 2 is 2.00 bits per heavy atom. The first kappa shape index (κ1) is 11.6. The molecule has 94 valence electrons. The van der Waals surface area contributed by atoms with Gasteiger partial charge in [-0.2, -0.15) is 0 Å². The average molecular weight is 271 g/mol. The van der Waals surface area contributed by atoms with Crippen molar-refractivity contribution in [2.75, 3.05) is 0 Å². The Morgan fingerprint density at radius 1 is 1.26 bits per heavy atom. The van der Waals surface area contributed by atoms with Crippen molar-refractivity contribution in [1.82, 2.24) is 9.55 Å². The predicted octanol–water partition coefficient (Wildman–Crippen LogP) is 1.55. The summed E-state index contributed by atoms with van der Waals surface area (Å²) >= 11 is 1.12. The third-order valence-corrected chi connectivity index (χ3v) is 3.79. The van der Waals surface area contributed by atoms with E-state index < -0.39 is 5.91 Å². The molecule has 2 N–H and O–H groups in total. The van der Waals surface area contributed by atoms with Crippen molar-refractivity contribution in [2.24, 2.45) is 5.73 Å². The Hall–Kier alpha value is -2.47. The summed E-state index contributed by atoms with van der Waals surface area (Å²) in [5, 5.41) is 0.408. The highest BCUT2D eigenvalue weighted by Gasteiger charge is 2.12. The second-order valence-electron chi connectivity index (χ2n) is 3.95. The first-order chi connectivity index (χ1) is 9.16. The molecule has 0 unspecified atom stereocenters. The number of nitrogens with two attached hydrogens (primary N) is 1. The minimum Gasteiger partial charge on any atom is -0.365 e. The molecule has 0 saturated carbocycles. The van der Waals surface area contributed by atoms with Crippen LogP contribution in [0.5, 0.6) is 0 Å². The molecule has 0 atom stereocenters. The molecule has 0 aliphatic heterocycles. The monoisotopic (exact) mass is 271 g/mol. The van der Waals surface area contributed by atoms with E-state index in [4.69, 9.17) is 5.73 Å². The van der Waals surface area contributed by atoms with E-state index in [1.807, 2.05) is 30.3 Å². The molecule has 2 heterocycles. The summed E-state index contributed by atoms with van der Waals surface area (Å²) in [6.07, 6.45) is 1.46. The largest absolute Gasteiger partial charge is 0.365 e. The van der Waals surface area contributed by atoms with Crippen LogP contribution in [0.1, 0.15) is 9.67 Å². The summed E-state index contributed by atoms with van der Waals surface area (Å²) in [6.45, 7) is 0. The topological polar surface area (TPSA) is 78.0 Å². The lowest BCUT2D eigenvalue weighted by Crippen LogP contribution is -2.17. The number of carbonyl (C=O) groups excluding carboxylic acids is 1. The van der Waals surface area contributed by atoms with Gasteiger partial charge in [0.25, 0.3) is 11.5 Å². The molecule has 0 aliphatic carbocycles. The molecule has 1 amide bonds. The zero-order valence-electron chi connectivity index (χ0n) is 9.74. The van der Waals surface area contributed by atoms with Crippen LogP contribution < -0.4 is 11.3 Å². The zero-order chi connectivity index (χ0) is 13.4. The fourth-order valence-electron chi connectivity index (χ4n) is 1.82. The second kappa shape index (κ2) is 4.33. The number of carbonyl (C=O) groups is 1. The number of thiophene rings is 1. The number of nitrogens with zero attached hydrogens (tertiary/aromatic N) is 2. The zero-order valence-corrected chi connectivity index (χ0v) is 10.6. The highest BCUT2D eigenvalue weighted by Crippen LogP contribution is 2.20.